The van der Waals surface area contributed by atoms with Crippen molar-refractivity contribution in [3.8, 4) is 0 Å². The first kappa shape index (κ1) is 40.7. The minimum Gasteiger partial charge on any atom is -0.467 e. The van der Waals surface area contributed by atoms with E-state index in [0.717, 1.165) is 16.7 Å². The second-order valence-electron chi connectivity index (χ2n) is 13.8. The smallest absolute Gasteiger partial charge is 0.407 e. The van der Waals surface area contributed by atoms with E-state index in [1.165, 1.54) is 7.11 Å². The molecule has 0 aromatic heterocycles. The molecule has 2 unspecified atom stereocenters. The average molecular weight is 703 g/mol. The molecule has 0 fully saturated rings. The molecule has 5 N–H and O–H groups in total. The van der Waals surface area contributed by atoms with Gasteiger partial charge >= 0.3 is 12.1 Å². The molecule has 0 saturated heterocycles. The molecular weight excluding hydrogens is 648 g/mol. The van der Waals surface area contributed by atoms with Crippen LogP contribution in [0, 0.1) is 5.92 Å². The summed E-state index contributed by atoms with van der Waals surface area (Å²) in [6.07, 6.45) is -0.405. The summed E-state index contributed by atoms with van der Waals surface area (Å²) in [6.45, 7) is 8.99. The highest BCUT2D eigenvalue weighted by molar-refractivity contribution is 5.92. The molecule has 0 aliphatic heterocycles. The monoisotopic (exact) mass is 702 g/mol. The van der Waals surface area contributed by atoms with Gasteiger partial charge in [-0.15, -0.1) is 0 Å². The Morgan fingerprint density at radius 1 is 0.706 bits per heavy atom. The number of hydrogen-bond acceptors (Lipinski definition) is 8. The van der Waals surface area contributed by atoms with Gasteiger partial charge in [-0.3, -0.25) is 9.59 Å². The first-order valence-corrected chi connectivity index (χ1v) is 17.5. The predicted molar refractivity (Wildman–Crippen MR) is 197 cm³/mol. The summed E-state index contributed by atoms with van der Waals surface area (Å²) in [5, 5.41) is 23.2. The first-order valence-electron chi connectivity index (χ1n) is 17.5. The van der Waals surface area contributed by atoms with Gasteiger partial charge < -0.3 is 35.8 Å². The minimum atomic E-state index is -1.11. The molecule has 3 aromatic carbocycles. The Bertz CT molecular complexity index is 1520. The molecule has 0 bridgehead atoms. The second kappa shape index (κ2) is 20.2. The van der Waals surface area contributed by atoms with E-state index in [4.69, 9.17) is 9.47 Å². The Morgan fingerprint density at radius 2 is 1.20 bits per heavy atom. The van der Waals surface area contributed by atoms with E-state index in [0.29, 0.717) is 12.8 Å². The lowest BCUT2D eigenvalue weighted by atomic mass is 9.96. The zero-order chi connectivity index (χ0) is 37.4. The molecule has 0 saturated carbocycles. The van der Waals surface area contributed by atoms with Gasteiger partial charge in [0.15, 0.2) is 0 Å². The van der Waals surface area contributed by atoms with Crippen molar-refractivity contribution in [1.82, 2.24) is 21.3 Å². The third-order valence-corrected chi connectivity index (χ3v) is 8.52. The number of nitrogens with one attached hydrogen (secondary N) is 4. The number of rotatable bonds is 18. The number of amides is 3. The van der Waals surface area contributed by atoms with E-state index in [9.17, 15) is 24.3 Å². The van der Waals surface area contributed by atoms with Gasteiger partial charge in [-0.2, -0.15) is 0 Å². The minimum absolute atomic E-state index is 0.0557. The topological polar surface area (TPSA) is 155 Å². The van der Waals surface area contributed by atoms with Gasteiger partial charge in [0.05, 0.1) is 25.3 Å². The Labute approximate surface area is 301 Å². The lowest BCUT2D eigenvalue weighted by Crippen LogP contribution is -2.59. The number of carbonyl (C=O) groups excluding carboxylic acids is 4. The highest BCUT2D eigenvalue weighted by atomic mass is 16.6. The van der Waals surface area contributed by atoms with Gasteiger partial charge in [0, 0.05) is 13.0 Å². The van der Waals surface area contributed by atoms with Crippen molar-refractivity contribution in [2.75, 3.05) is 13.7 Å². The zero-order valence-electron chi connectivity index (χ0n) is 30.6. The summed E-state index contributed by atoms with van der Waals surface area (Å²) >= 11 is 0. The van der Waals surface area contributed by atoms with E-state index in [-0.39, 0.29) is 25.3 Å². The lowest BCUT2D eigenvalue weighted by Gasteiger charge is -2.30. The fourth-order valence-electron chi connectivity index (χ4n) is 5.53. The Hall–Kier alpha value is -4.74. The van der Waals surface area contributed by atoms with Crippen LogP contribution in [0.25, 0.3) is 0 Å². The summed E-state index contributed by atoms with van der Waals surface area (Å²) in [6, 6.07) is 24.6. The molecule has 0 spiro atoms. The van der Waals surface area contributed by atoms with Crippen LogP contribution in [-0.4, -0.2) is 78.5 Å². The van der Waals surface area contributed by atoms with E-state index in [2.05, 4.69) is 21.3 Å². The second-order valence-corrected chi connectivity index (χ2v) is 13.8. The van der Waals surface area contributed by atoms with Gasteiger partial charge in [0.25, 0.3) is 0 Å². The van der Waals surface area contributed by atoms with Gasteiger partial charge in [-0.05, 0) is 56.2 Å². The van der Waals surface area contributed by atoms with Crippen LogP contribution < -0.4 is 21.3 Å². The maximum Gasteiger partial charge on any atom is 0.407 e. The number of carbonyl (C=O) groups is 4. The van der Waals surface area contributed by atoms with Crippen LogP contribution in [0.1, 0.15) is 57.7 Å². The third-order valence-electron chi connectivity index (χ3n) is 8.52. The average Bonchev–Trinajstić information content (AvgIpc) is 3.11. The molecular formula is C40H54N4O7. The molecule has 276 valence electrons. The van der Waals surface area contributed by atoms with Crippen LogP contribution >= 0.6 is 0 Å². The maximum absolute atomic E-state index is 14.0. The number of aliphatic hydroxyl groups is 1. The fourth-order valence-corrected chi connectivity index (χ4v) is 5.53. The summed E-state index contributed by atoms with van der Waals surface area (Å²) < 4.78 is 10.5. The van der Waals surface area contributed by atoms with E-state index in [1.54, 1.807) is 20.8 Å². The van der Waals surface area contributed by atoms with Gasteiger partial charge in [-0.25, -0.2) is 9.59 Å². The number of benzene rings is 3. The molecule has 0 heterocycles. The summed E-state index contributed by atoms with van der Waals surface area (Å²) in [4.78, 5) is 53.3. The van der Waals surface area contributed by atoms with E-state index < -0.39 is 59.7 Å². The highest BCUT2D eigenvalue weighted by Crippen LogP contribution is 2.14. The van der Waals surface area contributed by atoms with E-state index >= 15 is 0 Å². The SMILES string of the molecule is CCC(C)[C@@H](NC(=O)[C@@H](Cc1ccccc1)NCC(O)[C@H](Cc1ccccc1)NC(=O)OC(C)(C)C)C(=O)N[C@H](Cc1ccccc1)C(=O)OC. The highest BCUT2D eigenvalue weighted by Gasteiger charge is 2.33. The molecule has 3 amide bonds. The predicted octanol–water partition coefficient (Wildman–Crippen LogP) is 4.12. The van der Waals surface area contributed by atoms with Crippen molar-refractivity contribution >= 4 is 23.9 Å². The van der Waals surface area contributed by atoms with Gasteiger partial charge in [0.1, 0.15) is 17.7 Å². The van der Waals surface area contributed by atoms with E-state index in [1.807, 2.05) is 105 Å². The Morgan fingerprint density at radius 3 is 1.67 bits per heavy atom. The quantitative estimate of drug-likeness (QED) is 0.124. The summed E-state index contributed by atoms with van der Waals surface area (Å²) in [5.41, 5.74) is 1.87. The summed E-state index contributed by atoms with van der Waals surface area (Å²) in [5.74, 6) is -1.83. The largest absolute Gasteiger partial charge is 0.467 e. The number of ether oxygens (including phenoxy) is 2. The van der Waals surface area contributed by atoms with Gasteiger partial charge in [-0.1, -0.05) is 111 Å². The number of methoxy groups -OCH3 is 1. The molecule has 11 nitrogen and oxygen atoms in total. The van der Waals surface area contributed by atoms with Crippen molar-refractivity contribution < 1.29 is 33.8 Å². The normalized spacial score (nSPS) is 14.9. The zero-order valence-corrected chi connectivity index (χ0v) is 30.6. The van der Waals surface area contributed by atoms with Gasteiger partial charge in [0.2, 0.25) is 11.8 Å². The van der Waals surface area contributed by atoms with Crippen LogP contribution in [0.2, 0.25) is 0 Å². The number of aliphatic hydroxyl groups excluding tert-OH is 1. The first-order chi connectivity index (χ1) is 24.3. The van der Waals surface area contributed by atoms with Crippen molar-refractivity contribution in [3.63, 3.8) is 0 Å². The van der Waals surface area contributed by atoms with Crippen LogP contribution in [0.4, 0.5) is 4.79 Å². The molecule has 0 radical (unpaired) electrons. The summed E-state index contributed by atoms with van der Waals surface area (Å²) in [7, 11) is 1.27. The molecule has 0 aliphatic rings. The standard InChI is InChI=1S/C40H54N4O7/c1-7-27(2)35(37(47)42-33(38(48)50-6)25-30-21-15-10-16-22-30)44-36(46)32(24-29-19-13-9-14-20-29)41-26-34(45)31(23-28-17-11-8-12-18-28)43-39(49)51-40(3,4)5/h8-22,27,31-35,41,45H,7,23-26H2,1-6H3,(H,42,47)(H,43,49)(H,44,46)/t27?,31-,32+,33+,34?,35+/m0/s1. The third kappa shape index (κ3) is 14.2. The number of hydrogen-bond donors (Lipinski definition) is 5. The van der Waals surface area contributed by atoms with Crippen molar-refractivity contribution in [3.05, 3.63) is 108 Å². The van der Waals surface area contributed by atoms with Crippen molar-refractivity contribution in [2.24, 2.45) is 5.92 Å². The molecule has 51 heavy (non-hydrogen) atoms. The van der Waals surface area contributed by atoms with Crippen LogP contribution in [0.15, 0.2) is 91.0 Å². The molecule has 0 aliphatic carbocycles. The Balaban J connectivity index is 1.81. The number of esters is 1. The van der Waals surface area contributed by atoms with Crippen LogP contribution in [0.5, 0.6) is 0 Å². The maximum atomic E-state index is 14.0. The lowest BCUT2D eigenvalue weighted by molar-refractivity contribution is -0.145. The molecule has 6 atom stereocenters. The fraction of sp³-hybridized carbons (Fsp3) is 0.450. The van der Waals surface area contributed by atoms with Crippen LogP contribution in [0.3, 0.4) is 0 Å². The Kier molecular flexibility index (Phi) is 16.1. The van der Waals surface area contributed by atoms with Crippen molar-refractivity contribution in [1.29, 1.82) is 0 Å². The molecule has 3 rings (SSSR count). The van der Waals surface area contributed by atoms with Crippen LogP contribution in [-0.2, 0) is 43.1 Å². The molecule has 3 aromatic rings. The number of alkyl carbamates (subject to hydrolysis) is 1. The van der Waals surface area contributed by atoms with Crippen molar-refractivity contribution in [2.45, 2.75) is 96.2 Å². The molecule has 11 heteroatoms.